The molecule has 26 heavy (non-hydrogen) atoms. The number of carbonyl (C=O) groups is 2. The van der Waals surface area contributed by atoms with Crippen LogP contribution in [0.1, 0.15) is 60.3 Å². The number of hydrogen-bond donors (Lipinski definition) is 3. The molecule has 1 saturated heterocycles. The predicted octanol–water partition coefficient (Wildman–Crippen LogP) is 2.73. The monoisotopic (exact) mass is 366 g/mol. The van der Waals surface area contributed by atoms with Crippen LogP contribution in [0.5, 0.6) is 0 Å². The van der Waals surface area contributed by atoms with Crippen LogP contribution in [-0.2, 0) is 9.53 Å². The van der Waals surface area contributed by atoms with Gasteiger partial charge in [0.25, 0.3) is 0 Å². The van der Waals surface area contributed by atoms with Crippen LogP contribution in [0.4, 0.5) is 4.79 Å². The van der Waals surface area contributed by atoms with Gasteiger partial charge in [-0.1, -0.05) is 6.92 Å². The molecule has 2 amide bonds. The number of alkyl carbamates (subject to hydrolysis) is 1. The SMILES string of the molecule is CCC(C)=C(/N=C\C(CC1CCCNC1=O)NC)NC(=O)OC(C)(C)C. The molecule has 3 N–H and O–H groups in total. The highest BCUT2D eigenvalue weighted by atomic mass is 16.6. The van der Waals surface area contributed by atoms with Gasteiger partial charge in [0.15, 0.2) is 0 Å². The van der Waals surface area contributed by atoms with Crippen LogP contribution in [0.25, 0.3) is 0 Å². The lowest BCUT2D eigenvalue weighted by Crippen LogP contribution is -2.40. The lowest BCUT2D eigenvalue weighted by atomic mass is 9.92. The first kappa shape index (κ1) is 22.2. The molecule has 0 spiro atoms. The van der Waals surface area contributed by atoms with Crippen LogP contribution in [0.15, 0.2) is 16.4 Å². The summed E-state index contributed by atoms with van der Waals surface area (Å²) in [5, 5.41) is 8.82. The third-order valence-electron chi connectivity index (χ3n) is 4.25. The van der Waals surface area contributed by atoms with Gasteiger partial charge in [0, 0.05) is 24.7 Å². The van der Waals surface area contributed by atoms with Crippen molar-refractivity contribution in [2.24, 2.45) is 10.9 Å². The van der Waals surface area contributed by atoms with Crippen molar-refractivity contribution in [1.29, 1.82) is 0 Å². The molecule has 0 bridgehead atoms. The Balaban J connectivity index is 2.78. The summed E-state index contributed by atoms with van der Waals surface area (Å²) in [5.74, 6) is 0.596. The molecule has 1 heterocycles. The first-order valence-electron chi connectivity index (χ1n) is 9.35. The van der Waals surface area contributed by atoms with Crippen LogP contribution in [0, 0.1) is 5.92 Å². The topological polar surface area (TPSA) is 91.8 Å². The molecule has 0 aromatic rings. The smallest absolute Gasteiger partial charge is 0.413 e. The van der Waals surface area contributed by atoms with Gasteiger partial charge in [-0.25, -0.2) is 9.79 Å². The van der Waals surface area contributed by atoms with E-state index >= 15 is 0 Å². The maximum atomic E-state index is 12.1. The van der Waals surface area contributed by atoms with E-state index in [-0.39, 0.29) is 17.9 Å². The Kier molecular flexibility index (Phi) is 8.78. The third-order valence-corrected chi connectivity index (χ3v) is 4.25. The number of piperidine rings is 1. The van der Waals surface area contributed by atoms with Crippen molar-refractivity contribution >= 4 is 18.2 Å². The molecule has 0 aromatic heterocycles. The highest BCUT2D eigenvalue weighted by Gasteiger charge is 2.24. The molecule has 2 unspecified atom stereocenters. The summed E-state index contributed by atoms with van der Waals surface area (Å²) in [6, 6.07) is -0.0519. The maximum absolute atomic E-state index is 12.1. The van der Waals surface area contributed by atoms with Gasteiger partial charge in [-0.3, -0.25) is 10.1 Å². The second-order valence-electron chi connectivity index (χ2n) is 7.65. The fourth-order valence-corrected chi connectivity index (χ4v) is 2.60. The molecule has 0 aromatic carbocycles. The second kappa shape index (κ2) is 10.3. The van der Waals surface area contributed by atoms with Crippen molar-refractivity contribution in [3.05, 3.63) is 11.4 Å². The van der Waals surface area contributed by atoms with Crippen molar-refractivity contribution < 1.29 is 14.3 Å². The molecule has 1 aliphatic heterocycles. The van der Waals surface area contributed by atoms with Gasteiger partial charge < -0.3 is 15.4 Å². The maximum Gasteiger partial charge on any atom is 0.413 e. The molecular weight excluding hydrogens is 332 g/mol. The van der Waals surface area contributed by atoms with Crippen molar-refractivity contribution in [2.45, 2.75) is 71.9 Å². The van der Waals surface area contributed by atoms with Gasteiger partial charge in [-0.05, 0) is 66.0 Å². The summed E-state index contributed by atoms with van der Waals surface area (Å²) in [4.78, 5) is 28.5. The number of hydrogen-bond acceptors (Lipinski definition) is 5. The minimum absolute atomic E-state index is 0.00818. The van der Waals surface area contributed by atoms with E-state index in [1.807, 2.05) is 41.7 Å². The minimum atomic E-state index is -0.569. The zero-order valence-electron chi connectivity index (χ0n) is 16.9. The molecule has 7 heteroatoms. The number of aliphatic imine (C=N–C) groups is 1. The van der Waals surface area contributed by atoms with Crippen LogP contribution in [0.2, 0.25) is 0 Å². The van der Waals surface area contributed by atoms with Crippen LogP contribution < -0.4 is 16.0 Å². The molecule has 7 nitrogen and oxygen atoms in total. The fraction of sp³-hybridized carbons (Fsp3) is 0.737. The van der Waals surface area contributed by atoms with Gasteiger partial charge in [0.2, 0.25) is 5.91 Å². The fourth-order valence-electron chi connectivity index (χ4n) is 2.60. The van der Waals surface area contributed by atoms with E-state index < -0.39 is 11.7 Å². The van der Waals surface area contributed by atoms with Gasteiger partial charge in [0.1, 0.15) is 11.4 Å². The van der Waals surface area contributed by atoms with Crippen LogP contribution in [-0.4, -0.2) is 43.5 Å². The Labute approximate surface area is 157 Å². The summed E-state index contributed by atoms with van der Waals surface area (Å²) in [7, 11) is 1.84. The van der Waals surface area contributed by atoms with E-state index in [0.29, 0.717) is 12.2 Å². The first-order chi connectivity index (χ1) is 12.2. The van der Waals surface area contributed by atoms with E-state index in [1.165, 1.54) is 0 Å². The summed E-state index contributed by atoms with van der Waals surface area (Å²) in [5.41, 5.74) is 0.387. The molecule has 1 aliphatic rings. The molecule has 148 valence electrons. The van der Waals surface area contributed by atoms with Gasteiger partial charge >= 0.3 is 6.09 Å². The second-order valence-corrected chi connectivity index (χ2v) is 7.65. The highest BCUT2D eigenvalue weighted by molar-refractivity contribution is 5.80. The summed E-state index contributed by atoms with van der Waals surface area (Å²) >= 11 is 0. The Hall–Kier alpha value is -1.89. The number of carbonyl (C=O) groups excluding carboxylic acids is 2. The summed E-state index contributed by atoms with van der Waals surface area (Å²) in [6.07, 6.45) is 4.57. The van der Waals surface area contributed by atoms with Gasteiger partial charge in [0.05, 0.1) is 0 Å². The quantitative estimate of drug-likeness (QED) is 0.604. The van der Waals surface area contributed by atoms with Crippen molar-refractivity contribution in [1.82, 2.24) is 16.0 Å². The summed E-state index contributed by atoms with van der Waals surface area (Å²) < 4.78 is 5.30. The lowest BCUT2D eigenvalue weighted by molar-refractivity contribution is -0.126. The van der Waals surface area contributed by atoms with Gasteiger partial charge in [-0.2, -0.15) is 0 Å². The largest absolute Gasteiger partial charge is 0.444 e. The van der Waals surface area contributed by atoms with Crippen molar-refractivity contribution in [2.75, 3.05) is 13.6 Å². The van der Waals surface area contributed by atoms with E-state index in [2.05, 4.69) is 20.9 Å². The number of ether oxygens (including phenoxy) is 1. The minimum Gasteiger partial charge on any atom is -0.444 e. The van der Waals surface area contributed by atoms with Crippen LogP contribution in [0.3, 0.4) is 0 Å². The zero-order valence-corrected chi connectivity index (χ0v) is 16.9. The van der Waals surface area contributed by atoms with Crippen LogP contribution >= 0.6 is 0 Å². The summed E-state index contributed by atoms with van der Waals surface area (Å²) in [6.45, 7) is 10.1. The highest BCUT2D eigenvalue weighted by Crippen LogP contribution is 2.17. The molecule has 1 fully saturated rings. The van der Waals surface area contributed by atoms with Gasteiger partial charge in [-0.15, -0.1) is 0 Å². The molecule has 0 radical (unpaired) electrons. The average molecular weight is 367 g/mol. The standard InChI is InChI=1S/C19H34N4O3/c1-7-13(2)16(23-18(25)26-19(3,4)5)22-12-15(20-6)11-14-9-8-10-21-17(14)24/h12,14-15,20H,7-11H2,1-6H3,(H,21,24)(H,23,25)/b16-13?,22-12-. The Morgan fingerprint density at radius 3 is 2.69 bits per heavy atom. The Morgan fingerprint density at radius 1 is 1.46 bits per heavy atom. The number of nitrogens with zero attached hydrogens (tertiary/aromatic N) is 1. The molecule has 2 atom stereocenters. The molecule has 1 rings (SSSR count). The number of amides is 2. The number of rotatable bonds is 7. The van der Waals surface area contributed by atoms with E-state index in [9.17, 15) is 9.59 Å². The zero-order chi connectivity index (χ0) is 19.7. The number of allylic oxidation sites excluding steroid dienone is 1. The number of nitrogens with one attached hydrogen (secondary N) is 3. The molecule has 0 aliphatic carbocycles. The van der Waals surface area contributed by atoms with Crippen molar-refractivity contribution in [3.63, 3.8) is 0 Å². The van der Waals surface area contributed by atoms with Crippen molar-refractivity contribution in [3.8, 4) is 0 Å². The Morgan fingerprint density at radius 2 is 2.15 bits per heavy atom. The average Bonchev–Trinajstić information content (AvgIpc) is 2.56. The first-order valence-corrected chi connectivity index (χ1v) is 9.35. The third kappa shape index (κ3) is 7.99. The normalized spacial score (nSPS) is 20.4. The molecule has 0 saturated carbocycles. The van der Waals surface area contributed by atoms with E-state index in [1.54, 1.807) is 6.21 Å². The Bertz CT molecular complexity index is 549. The molecular formula is C19H34N4O3. The lowest BCUT2D eigenvalue weighted by Gasteiger charge is -2.24. The van der Waals surface area contributed by atoms with E-state index in [0.717, 1.165) is 31.4 Å². The van der Waals surface area contributed by atoms with E-state index in [4.69, 9.17) is 4.74 Å². The predicted molar refractivity (Wildman–Crippen MR) is 104 cm³/mol.